The maximum Gasteiger partial charge on any atom is 0.208 e. The van der Waals surface area contributed by atoms with Crippen molar-refractivity contribution < 1.29 is 13.9 Å². The van der Waals surface area contributed by atoms with Crippen molar-refractivity contribution in [2.75, 3.05) is 37.8 Å². The van der Waals surface area contributed by atoms with E-state index in [9.17, 15) is 4.39 Å². The highest BCUT2D eigenvalue weighted by Gasteiger charge is 2.39. The molecule has 0 radical (unpaired) electrons. The maximum absolute atomic E-state index is 13.0. The van der Waals surface area contributed by atoms with Crippen molar-refractivity contribution in [3.05, 3.63) is 40.7 Å². The molecule has 2 aromatic rings. The summed E-state index contributed by atoms with van der Waals surface area (Å²) in [7, 11) is 0. The van der Waals surface area contributed by atoms with Gasteiger partial charge in [-0.3, -0.25) is 0 Å². The van der Waals surface area contributed by atoms with Crippen LogP contribution in [0.4, 0.5) is 9.52 Å². The highest BCUT2D eigenvalue weighted by Crippen LogP contribution is 2.32. The highest BCUT2D eigenvalue weighted by molar-refractivity contribution is 7.15. The Labute approximate surface area is 144 Å². The van der Waals surface area contributed by atoms with Gasteiger partial charge in [-0.2, -0.15) is 0 Å². The molecule has 1 aromatic carbocycles. The largest absolute Gasteiger partial charge is 0.381 e. The first-order valence-corrected chi connectivity index (χ1v) is 9.08. The topological polar surface area (TPSA) is 47.5 Å². The molecular weight excluding hydrogens is 329 g/mol. The van der Waals surface area contributed by atoms with Crippen molar-refractivity contribution in [1.82, 2.24) is 10.2 Å². The van der Waals surface area contributed by atoms with Crippen LogP contribution in [0.15, 0.2) is 24.3 Å². The van der Waals surface area contributed by atoms with Gasteiger partial charge in [-0.15, -0.1) is 10.2 Å². The molecule has 2 aliphatic heterocycles. The Morgan fingerprint density at radius 1 is 1.12 bits per heavy atom. The van der Waals surface area contributed by atoms with Crippen LogP contribution < -0.4 is 4.90 Å². The van der Waals surface area contributed by atoms with E-state index in [0.29, 0.717) is 13.0 Å². The molecule has 0 bridgehead atoms. The molecule has 2 fully saturated rings. The number of anilines is 1. The lowest BCUT2D eigenvalue weighted by atomic mass is 9.92. The number of rotatable bonds is 3. The number of morpholine rings is 1. The van der Waals surface area contributed by atoms with E-state index in [0.717, 1.165) is 54.8 Å². The summed E-state index contributed by atoms with van der Waals surface area (Å²) in [6.07, 6.45) is 2.55. The van der Waals surface area contributed by atoms with Gasteiger partial charge in [-0.1, -0.05) is 23.5 Å². The molecule has 1 spiro atoms. The summed E-state index contributed by atoms with van der Waals surface area (Å²) in [5.74, 6) is -0.216. The average molecular weight is 349 g/mol. The number of hydrogen-bond donors (Lipinski definition) is 0. The van der Waals surface area contributed by atoms with Crippen molar-refractivity contribution in [3.63, 3.8) is 0 Å². The lowest BCUT2D eigenvalue weighted by Gasteiger charge is -2.44. The molecule has 0 unspecified atom stereocenters. The number of benzene rings is 1. The van der Waals surface area contributed by atoms with Crippen molar-refractivity contribution in [1.29, 1.82) is 0 Å². The van der Waals surface area contributed by atoms with Gasteiger partial charge in [-0.25, -0.2) is 4.39 Å². The molecule has 1 aromatic heterocycles. The monoisotopic (exact) mass is 349 g/mol. The minimum absolute atomic E-state index is 0.0979. The zero-order valence-electron chi connectivity index (χ0n) is 13.4. The summed E-state index contributed by atoms with van der Waals surface area (Å²) in [5, 5.41) is 10.6. The summed E-state index contributed by atoms with van der Waals surface area (Å²) < 4.78 is 24.5. The van der Waals surface area contributed by atoms with Crippen LogP contribution in [0.5, 0.6) is 0 Å². The Bertz CT molecular complexity index is 680. The quantitative estimate of drug-likeness (QED) is 0.853. The Morgan fingerprint density at radius 2 is 1.92 bits per heavy atom. The van der Waals surface area contributed by atoms with Gasteiger partial charge in [0.25, 0.3) is 0 Å². The Balaban J connectivity index is 1.45. The van der Waals surface area contributed by atoms with Gasteiger partial charge in [0.2, 0.25) is 5.13 Å². The number of halogens is 1. The van der Waals surface area contributed by atoms with E-state index in [1.807, 2.05) is 0 Å². The van der Waals surface area contributed by atoms with Crippen LogP contribution in [-0.2, 0) is 15.9 Å². The summed E-state index contributed by atoms with van der Waals surface area (Å²) in [6.45, 7) is 3.93. The zero-order valence-corrected chi connectivity index (χ0v) is 14.2. The second-order valence-corrected chi connectivity index (χ2v) is 7.39. The lowest BCUT2D eigenvalue weighted by Crippen LogP contribution is -2.54. The molecule has 0 aliphatic carbocycles. The SMILES string of the molecule is Fc1ccc(Cc2nnc(N3CCOC4(CCOCC4)C3)s2)cc1. The summed E-state index contributed by atoms with van der Waals surface area (Å²) >= 11 is 1.61. The summed E-state index contributed by atoms with van der Waals surface area (Å²) in [5.41, 5.74) is 0.946. The molecule has 7 heteroatoms. The van der Waals surface area contributed by atoms with Crippen LogP contribution in [0, 0.1) is 5.82 Å². The highest BCUT2D eigenvalue weighted by atomic mass is 32.1. The minimum atomic E-state index is -0.216. The fourth-order valence-corrected chi connectivity index (χ4v) is 4.17. The molecule has 0 amide bonds. The standard InChI is InChI=1S/C17H20FN3O2S/c18-14-3-1-13(2-4-14)11-15-19-20-16(24-15)21-7-10-23-17(12-21)5-8-22-9-6-17/h1-4H,5-12H2. The number of nitrogens with zero attached hydrogens (tertiary/aromatic N) is 3. The molecule has 3 heterocycles. The van der Waals surface area contributed by atoms with Crippen molar-refractivity contribution >= 4 is 16.5 Å². The van der Waals surface area contributed by atoms with Crippen molar-refractivity contribution in [2.24, 2.45) is 0 Å². The smallest absolute Gasteiger partial charge is 0.208 e. The van der Waals surface area contributed by atoms with E-state index in [1.54, 1.807) is 23.5 Å². The molecule has 0 saturated carbocycles. The third-order valence-electron chi connectivity index (χ3n) is 4.65. The predicted molar refractivity (Wildman–Crippen MR) is 90.1 cm³/mol. The molecule has 24 heavy (non-hydrogen) atoms. The second kappa shape index (κ2) is 6.74. The van der Waals surface area contributed by atoms with Crippen LogP contribution in [0.3, 0.4) is 0 Å². The van der Waals surface area contributed by atoms with E-state index in [2.05, 4.69) is 15.1 Å². The molecule has 2 saturated heterocycles. The molecule has 4 rings (SSSR count). The van der Waals surface area contributed by atoms with Crippen LogP contribution >= 0.6 is 11.3 Å². The van der Waals surface area contributed by atoms with E-state index in [4.69, 9.17) is 9.47 Å². The van der Waals surface area contributed by atoms with Crippen LogP contribution in [0.25, 0.3) is 0 Å². The van der Waals surface area contributed by atoms with Crippen LogP contribution in [0.1, 0.15) is 23.4 Å². The molecule has 128 valence electrons. The fourth-order valence-electron chi connectivity index (χ4n) is 3.27. The first-order chi connectivity index (χ1) is 11.7. The zero-order chi connectivity index (χ0) is 16.4. The van der Waals surface area contributed by atoms with Crippen molar-refractivity contribution in [3.8, 4) is 0 Å². The van der Waals surface area contributed by atoms with Gasteiger partial charge < -0.3 is 14.4 Å². The third-order valence-corrected chi connectivity index (χ3v) is 5.63. The maximum atomic E-state index is 13.0. The number of hydrogen-bond acceptors (Lipinski definition) is 6. The first kappa shape index (κ1) is 15.9. The summed E-state index contributed by atoms with van der Waals surface area (Å²) in [4.78, 5) is 2.28. The Hall–Kier alpha value is -1.57. The summed E-state index contributed by atoms with van der Waals surface area (Å²) in [6, 6.07) is 6.55. The van der Waals surface area contributed by atoms with Gasteiger partial charge in [0.15, 0.2) is 0 Å². The number of ether oxygens (including phenoxy) is 2. The van der Waals surface area contributed by atoms with E-state index in [1.165, 1.54) is 12.1 Å². The molecule has 2 aliphatic rings. The van der Waals surface area contributed by atoms with E-state index >= 15 is 0 Å². The molecule has 0 atom stereocenters. The Kier molecular flexibility index (Phi) is 4.47. The van der Waals surface area contributed by atoms with Crippen molar-refractivity contribution in [2.45, 2.75) is 24.9 Å². The van der Waals surface area contributed by atoms with Crippen LogP contribution in [-0.4, -0.2) is 48.7 Å². The normalized spacial score (nSPS) is 20.5. The van der Waals surface area contributed by atoms with Gasteiger partial charge in [-0.05, 0) is 17.7 Å². The van der Waals surface area contributed by atoms with E-state index in [-0.39, 0.29) is 11.4 Å². The van der Waals surface area contributed by atoms with Gasteiger partial charge in [0.1, 0.15) is 10.8 Å². The average Bonchev–Trinajstić information content (AvgIpc) is 3.06. The first-order valence-electron chi connectivity index (χ1n) is 8.26. The molecule has 5 nitrogen and oxygen atoms in total. The lowest BCUT2D eigenvalue weighted by molar-refractivity contribution is -0.116. The van der Waals surface area contributed by atoms with Gasteiger partial charge in [0.05, 0.1) is 12.2 Å². The second-order valence-electron chi connectivity index (χ2n) is 6.35. The van der Waals surface area contributed by atoms with Gasteiger partial charge >= 0.3 is 0 Å². The van der Waals surface area contributed by atoms with Gasteiger partial charge in [0, 0.05) is 45.6 Å². The third kappa shape index (κ3) is 3.43. The molecular formula is C17H20FN3O2S. The van der Waals surface area contributed by atoms with E-state index < -0.39 is 0 Å². The Morgan fingerprint density at radius 3 is 2.71 bits per heavy atom. The number of aromatic nitrogens is 2. The fraction of sp³-hybridized carbons (Fsp3) is 0.529. The molecule has 0 N–H and O–H groups in total. The predicted octanol–water partition coefficient (Wildman–Crippen LogP) is 2.65. The minimum Gasteiger partial charge on any atom is -0.381 e. The van der Waals surface area contributed by atoms with Crippen LogP contribution in [0.2, 0.25) is 0 Å².